The highest BCUT2D eigenvalue weighted by Gasteiger charge is 2.21. The van der Waals surface area contributed by atoms with Crippen molar-refractivity contribution >= 4 is 23.5 Å². The largest absolute Gasteiger partial charge is 0.496 e. The molecule has 150 valence electrons. The van der Waals surface area contributed by atoms with E-state index in [4.69, 9.17) is 30.5 Å². The summed E-state index contributed by atoms with van der Waals surface area (Å²) in [5.41, 5.74) is 0.954. The van der Waals surface area contributed by atoms with Crippen LogP contribution in [0.15, 0.2) is 36.4 Å². The number of ether oxygens (including phenoxy) is 4. The number of hydrogen-bond acceptors (Lipinski definition) is 6. The van der Waals surface area contributed by atoms with Crippen LogP contribution >= 0.6 is 11.6 Å². The fourth-order valence-electron chi connectivity index (χ4n) is 2.44. The summed E-state index contributed by atoms with van der Waals surface area (Å²) in [6, 6.07) is 9.88. The third kappa shape index (κ3) is 5.29. The van der Waals surface area contributed by atoms with Crippen molar-refractivity contribution in [1.82, 2.24) is 5.32 Å². The molecule has 0 saturated heterocycles. The number of rotatable bonds is 8. The maximum absolute atomic E-state index is 12.3. The monoisotopic (exact) mass is 407 g/mol. The number of esters is 1. The minimum atomic E-state index is -1.00. The molecule has 0 bridgehead atoms. The SMILES string of the molecule is COc1ccc(CNC(=O)[C@H](C)OC(=O)c2cc(Cl)ccc2OC)cc1OC. The van der Waals surface area contributed by atoms with Gasteiger partial charge in [0, 0.05) is 11.6 Å². The van der Waals surface area contributed by atoms with E-state index in [-0.39, 0.29) is 12.1 Å². The van der Waals surface area contributed by atoms with Crippen molar-refractivity contribution in [3.05, 3.63) is 52.5 Å². The lowest BCUT2D eigenvalue weighted by atomic mass is 10.2. The van der Waals surface area contributed by atoms with Crippen molar-refractivity contribution in [1.29, 1.82) is 0 Å². The molecule has 0 unspecified atom stereocenters. The molecule has 0 aliphatic heterocycles. The first-order valence-corrected chi connectivity index (χ1v) is 8.80. The van der Waals surface area contributed by atoms with Gasteiger partial charge in [0.05, 0.1) is 21.3 Å². The van der Waals surface area contributed by atoms with E-state index in [0.29, 0.717) is 22.3 Å². The summed E-state index contributed by atoms with van der Waals surface area (Å²) in [6.07, 6.45) is -1.00. The summed E-state index contributed by atoms with van der Waals surface area (Å²) in [7, 11) is 4.51. The Labute approximate surface area is 168 Å². The number of hydrogen-bond donors (Lipinski definition) is 1. The van der Waals surface area contributed by atoms with Crippen molar-refractivity contribution < 1.29 is 28.5 Å². The molecule has 0 spiro atoms. The average Bonchev–Trinajstić information content (AvgIpc) is 2.71. The predicted octanol–water partition coefficient (Wildman–Crippen LogP) is 3.23. The minimum absolute atomic E-state index is 0.148. The Morgan fingerprint density at radius 1 is 0.964 bits per heavy atom. The van der Waals surface area contributed by atoms with Crippen LogP contribution in [-0.4, -0.2) is 39.3 Å². The van der Waals surface area contributed by atoms with Gasteiger partial charge in [-0.15, -0.1) is 0 Å². The molecule has 0 heterocycles. The zero-order valence-electron chi connectivity index (χ0n) is 16.1. The van der Waals surface area contributed by atoms with Crippen molar-refractivity contribution in [3.8, 4) is 17.2 Å². The van der Waals surface area contributed by atoms with Crippen LogP contribution in [0.4, 0.5) is 0 Å². The van der Waals surface area contributed by atoms with Crippen LogP contribution < -0.4 is 19.5 Å². The number of carbonyl (C=O) groups is 2. The molecule has 1 amide bonds. The van der Waals surface area contributed by atoms with Gasteiger partial charge in [0.25, 0.3) is 5.91 Å². The summed E-state index contributed by atoms with van der Waals surface area (Å²) in [6.45, 7) is 1.72. The molecule has 0 aromatic heterocycles. The smallest absolute Gasteiger partial charge is 0.342 e. The van der Waals surface area contributed by atoms with Crippen LogP contribution in [0.25, 0.3) is 0 Å². The summed E-state index contributed by atoms with van der Waals surface area (Å²) in [4.78, 5) is 24.6. The third-order valence-corrected chi connectivity index (χ3v) is 4.18. The molecular formula is C20H22ClNO6. The highest BCUT2D eigenvalue weighted by atomic mass is 35.5. The van der Waals surface area contributed by atoms with Gasteiger partial charge in [0.2, 0.25) is 0 Å². The van der Waals surface area contributed by atoms with Crippen molar-refractivity contribution in [2.75, 3.05) is 21.3 Å². The second-order valence-corrected chi connectivity index (χ2v) is 6.24. The first-order chi connectivity index (χ1) is 13.4. The highest BCUT2D eigenvalue weighted by molar-refractivity contribution is 6.31. The third-order valence-electron chi connectivity index (χ3n) is 3.95. The Balaban J connectivity index is 1.98. The van der Waals surface area contributed by atoms with E-state index in [2.05, 4.69) is 5.32 Å². The van der Waals surface area contributed by atoms with Gasteiger partial charge in [0.15, 0.2) is 17.6 Å². The molecular weight excluding hydrogens is 386 g/mol. The molecule has 1 N–H and O–H groups in total. The Morgan fingerprint density at radius 3 is 2.25 bits per heavy atom. The fourth-order valence-corrected chi connectivity index (χ4v) is 2.61. The number of carbonyl (C=O) groups excluding carboxylic acids is 2. The summed E-state index contributed by atoms with van der Waals surface area (Å²) >= 11 is 5.92. The van der Waals surface area contributed by atoms with Crippen LogP contribution in [0, 0.1) is 0 Å². The van der Waals surface area contributed by atoms with Crippen LogP contribution in [0.1, 0.15) is 22.8 Å². The van der Waals surface area contributed by atoms with Crippen LogP contribution in [0.2, 0.25) is 5.02 Å². The topological polar surface area (TPSA) is 83.1 Å². The van der Waals surface area contributed by atoms with Gasteiger partial charge in [-0.2, -0.15) is 0 Å². The molecule has 28 heavy (non-hydrogen) atoms. The lowest BCUT2D eigenvalue weighted by molar-refractivity contribution is -0.129. The second kappa shape index (κ2) is 9.85. The molecule has 8 heteroatoms. The molecule has 2 rings (SSSR count). The lowest BCUT2D eigenvalue weighted by Gasteiger charge is -2.15. The molecule has 2 aromatic carbocycles. The zero-order chi connectivity index (χ0) is 20.7. The Hall–Kier alpha value is -2.93. The van der Waals surface area contributed by atoms with Gasteiger partial charge < -0.3 is 24.3 Å². The Kier molecular flexibility index (Phi) is 7.52. The van der Waals surface area contributed by atoms with Gasteiger partial charge in [-0.25, -0.2) is 4.79 Å². The van der Waals surface area contributed by atoms with E-state index in [0.717, 1.165) is 5.56 Å². The molecule has 7 nitrogen and oxygen atoms in total. The lowest BCUT2D eigenvalue weighted by Crippen LogP contribution is -2.35. The normalized spacial score (nSPS) is 11.3. The molecule has 0 radical (unpaired) electrons. The van der Waals surface area contributed by atoms with E-state index in [1.807, 2.05) is 0 Å². The second-order valence-electron chi connectivity index (χ2n) is 5.80. The molecule has 0 aliphatic carbocycles. The molecule has 0 fully saturated rings. The van der Waals surface area contributed by atoms with E-state index in [1.165, 1.54) is 27.2 Å². The molecule has 1 atom stereocenters. The van der Waals surface area contributed by atoms with Gasteiger partial charge in [-0.3, -0.25) is 4.79 Å². The summed E-state index contributed by atoms with van der Waals surface area (Å²) in [5, 5.41) is 3.07. The molecule has 0 saturated carbocycles. The Bertz CT molecular complexity index is 855. The summed E-state index contributed by atoms with van der Waals surface area (Å²) in [5.74, 6) is 0.321. The van der Waals surface area contributed by atoms with Crippen LogP contribution in [0.3, 0.4) is 0 Å². The van der Waals surface area contributed by atoms with E-state index >= 15 is 0 Å². The van der Waals surface area contributed by atoms with Crippen molar-refractivity contribution in [2.24, 2.45) is 0 Å². The number of methoxy groups -OCH3 is 3. The first-order valence-electron chi connectivity index (χ1n) is 8.42. The fraction of sp³-hybridized carbons (Fsp3) is 0.300. The van der Waals surface area contributed by atoms with E-state index in [9.17, 15) is 9.59 Å². The van der Waals surface area contributed by atoms with E-state index < -0.39 is 18.0 Å². The highest BCUT2D eigenvalue weighted by Crippen LogP contribution is 2.27. The zero-order valence-corrected chi connectivity index (χ0v) is 16.8. The van der Waals surface area contributed by atoms with Crippen molar-refractivity contribution in [3.63, 3.8) is 0 Å². The number of halogens is 1. The van der Waals surface area contributed by atoms with Gasteiger partial charge in [0.1, 0.15) is 11.3 Å². The van der Waals surface area contributed by atoms with Gasteiger partial charge in [-0.1, -0.05) is 17.7 Å². The van der Waals surface area contributed by atoms with E-state index in [1.54, 1.807) is 37.4 Å². The van der Waals surface area contributed by atoms with Crippen molar-refractivity contribution in [2.45, 2.75) is 19.6 Å². The summed E-state index contributed by atoms with van der Waals surface area (Å²) < 4.78 is 20.8. The van der Waals surface area contributed by atoms with Crippen LogP contribution in [-0.2, 0) is 16.1 Å². The number of amides is 1. The average molecular weight is 408 g/mol. The van der Waals surface area contributed by atoms with Gasteiger partial charge >= 0.3 is 5.97 Å². The number of benzene rings is 2. The first kappa shape index (κ1) is 21.4. The minimum Gasteiger partial charge on any atom is -0.496 e. The predicted molar refractivity (Wildman–Crippen MR) is 104 cm³/mol. The maximum atomic E-state index is 12.3. The molecule has 2 aromatic rings. The quantitative estimate of drug-likeness (QED) is 0.676. The van der Waals surface area contributed by atoms with Gasteiger partial charge in [-0.05, 0) is 42.8 Å². The maximum Gasteiger partial charge on any atom is 0.342 e. The van der Waals surface area contributed by atoms with Crippen LogP contribution in [0.5, 0.6) is 17.2 Å². The molecule has 0 aliphatic rings. The number of nitrogens with one attached hydrogen (secondary N) is 1. The Morgan fingerprint density at radius 2 is 1.61 bits per heavy atom. The standard InChI is InChI=1S/C20H22ClNO6/c1-12(28-20(24)15-10-14(21)6-8-16(15)25-2)19(23)22-11-13-5-7-17(26-3)18(9-13)27-4/h5-10,12H,11H2,1-4H3,(H,22,23)/t12-/m0/s1.